The number of fused-ring (bicyclic) bond motifs is 1. The molecular formula is C11H8ClN5OS. The maximum Gasteiger partial charge on any atom is 0.251 e. The van der Waals surface area contributed by atoms with Crippen LogP contribution in [0.2, 0.25) is 5.28 Å². The molecule has 0 aromatic carbocycles. The van der Waals surface area contributed by atoms with E-state index in [0.29, 0.717) is 11.4 Å². The molecule has 0 aliphatic carbocycles. The quantitative estimate of drug-likeness (QED) is 0.732. The van der Waals surface area contributed by atoms with Crippen LogP contribution < -0.4 is 5.73 Å². The summed E-state index contributed by atoms with van der Waals surface area (Å²) in [5.74, 6) is -0.00371. The van der Waals surface area contributed by atoms with Crippen LogP contribution in [0.5, 0.6) is 0 Å². The average molecular weight is 294 g/mol. The molecule has 3 aromatic rings. The summed E-state index contributed by atoms with van der Waals surface area (Å²) in [6, 6.07) is 1.96. The molecule has 0 aliphatic heterocycles. The van der Waals surface area contributed by atoms with Gasteiger partial charge in [-0.2, -0.15) is 10.1 Å². The van der Waals surface area contributed by atoms with Gasteiger partial charge in [0, 0.05) is 11.1 Å². The van der Waals surface area contributed by atoms with Gasteiger partial charge < -0.3 is 5.73 Å². The first-order valence-corrected chi connectivity index (χ1v) is 6.52. The fraction of sp³-hybridized carbons (Fsp3) is 0.0909. The van der Waals surface area contributed by atoms with Gasteiger partial charge in [0.25, 0.3) is 5.91 Å². The number of amides is 1. The lowest BCUT2D eigenvalue weighted by Gasteiger charge is -2.02. The molecule has 3 aromatic heterocycles. The summed E-state index contributed by atoms with van der Waals surface area (Å²) in [4.78, 5) is 21.3. The van der Waals surface area contributed by atoms with Gasteiger partial charge in [-0.15, -0.1) is 11.3 Å². The predicted octanol–water partition coefficient (Wildman–Crippen LogP) is 1.94. The second-order valence-electron chi connectivity index (χ2n) is 3.93. The SMILES string of the molecule is Cc1cc2c(-n3cc(C(N)=O)cn3)nc(Cl)nc2s1. The van der Waals surface area contributed by atoms with Crippen molar-refractivity contribution >= 4 is 39.1 Å². The predicted molar refractivity (Wildman–Crippen MR) is 72.8 cm³/mol. The standard InChI is InChI=1S/C11H8ClN5OS/c1-5-2-7-9(15-11(12)16-10(7)19-5)17-4-6(3-14-17)8(13)18/h2-4H,1H3,(H2,13,18). The van der Waals surface area contributed by atoms with Crippen LogP contribution in [0.15, 0.2) is 18.5 Å². The number of nitrogens with zero attached hydrogens (tertiary/aromatic N) is 4. The van der Waals surface area contributed by atoms with Crippen molar-refractivity contribution in [1.82, 2.24) is 19.7 Å². The van der Waals surface area contributed by atoms with Gasteiger partial charge in [0.1, 0.15) is 4.83 Å². The Labute approximate surface area is 116 Å². The molecule has 0 atom stereocenters. The molecule has 2 N–H and O–H groups in total. The van der Waals surface area contributed by atoms with Gasteiger partial charge in [-0.25, -0.2) is 9.67 Å². The number of rotatable bonds is 2. The number of hydrogen-bond acceptors (Lipinski definition) is 5. The summed E-state index contributed by atoms with van der Waals surface area (Å²) in [6.45, 7) is 1.97. The molecule has 0 spiro atoms. The van der Waals surface area contributed by atoms with Crippen LogP contribution in [0, 0.1) is 6.92 Å². The first kappa shape index (κ1) is 12.1. The van der Waals surface area contributed by atoms with E-state index in [1.54, 1.807) is 0 Å². The van der Waals surface area contributed by atoms with E-state index in [1.807, 2.05) is 13.0 Å². The summed E-state index contributed by atoms with van der Waals surface area (Å²) in [6.07, 6.45) is 2.91. The molecule has 6 nitrogen and oxygen atoms in total. The Hall–Kier alpha value is -1.99. The number of primary amides is 1. The second-order valence-corrected chi connectivity index (χ2v) is 5.50. The van der Waals surface area contributed by atoms with Crippen molar-refractivity contribution in [3.63, 3.8) is 0 Å². The van der Waals surface area contributed by atoms with Crippen LogP contribution in [-0.4, -0.2) is 25.7 Å². The van der Waals surface area contributed by atoms with E-state index in [1.165, 1.54) is 28.4 Å². The van der Waals surface area contributed by atoms with Gasteiger partial charge in [0.05, 0.1) is 17.1 Å². The maximum absolute atomic E-state index is 11.1. The third-order valence-corrected chi connectivity index (χ3v) is 3.67. The van der Waals surface area contributed by atoms with Gasteiger partial charge in [0.2, 0.25) is 5.28 Å². The summed E-state index contributed by atoms with van der Waals surface area (Å²) < 4.78 is 1.47. The van der Waals surface area contributed by atoms with Gasteiger partial charge in [0.15, 0.2) is 5.82 Å². The van der Waals surface area contributed by atoms with Crippen molar-refractivity contribution in [1.29, 1.82) is 0 Å². The van der Waals surface area contributed by atoms with E-state index >= 15 is 0 Å². The van der Waals surface area contributed by atoms with Crippen LogP contribution in [0.1, 0.15) is 15.2 Å². The molecule has 3 rings (SSSR count). The largest absolute Gasteiger partial charge is 0.366 e. The molecule has 0 radical (unpaired) electrons. The van der Waals surface area contributed by atoms with Crippen molar-refractivity contribution in [2.75, 3.05) is 0 Å². The zero-order chi connectivity index (χ0) is 13.6. The van der Waals surface area contributed by atoms with Gasteiger partial charge in [-0.3, -0.25) is 4.79 Å². The Kier molecular flexibility index (Phi) is 2.72. The topological polar surface area (TPSA) is 86.7 Å². The molecule has 0 unspecified atom stereocenters. The lowest BCUT2D eigenvalue weighted by Crippen LogP contribution is -2.09. The van der Waals surface area contributed by atoms with Crippen molar-refractivity contribution in [2.24, 2.45) is 5.73 Å². The number of carbonyl (C=O) groups excluding carboxylic acids is 1. The molecular weight excluding hydrogens is 286 g/mol. The van der Waals surface area contributed by atoms with Crippen molar-refractivity contribution in [3.8, 4) is 5.82 Å². The fourth-order valence-corrected chi connectivity index (χ4v) is 2.83. The Bertz CT molecular complexity index is 794. The van der Waals surface area contributed by atoms with Crippen molar-refractivity contribution < 1.29 is 4.79 Å². The minimum absolute atomic E-state index is 0.139. The zero-order valence-corrected chi connectivity index (χ0v) is 11.4. The number of halogens is 1. The van der Waals surface area contributed by atoms with Crippen LogP contribution in [0.25, 0.3) is 16.0 Å². The van der Waals surface area contributed by atoms with Gasteiger partial charge in [-0.1, -0.05) is 0 Å². The Morgan fingerprint density at radius 1 is 1.47 bits per heavy atom. The Morgan fingerprint density at radius 2 is 2.26 bits per heavy atom. The first-order valence-electron chi connectivity index (χ1n) is 5.33. The highest BCUT2D eigenvalue weighted by atomic mass is 35.5. The molecule has 1 amide bonds. The third kappa shape index (κ3) is 2.06. The average Bonchev–Trinajstić information content (AvgIpc) is 2.93. The summed E-state index contributed by atoms with van der Waals surface area (Å²) in [7, 11) is 0. The number of aryl methyl sites for hydroxylation is 1. The fourth-order valence-electron chi connectivity index (χ4n) is 1.74. The number of thiophene rings is 1. The maximum atomic E-state index is 11.1. The van der Waals surface area contributed by atoms with Crippen LogP contribution in [0.3, 0.4) is 0 Å². The second kappa shape index (κ2) is 4.29. The van der Waals surface area contributed by atoms with E-state index in [0.717, 1.165) is 15.1 Å². The highest BCUT2D eigenvalue weighted by Crippen LogP contribution is 2.28. The van der Waals surface area contributed by atoms with E-state index in [9.17, 15) is 4.79 Å². The van der Waals surface area contributed by atoms with Crippen molar-refractivity contribution in [2.45, 2.75) is 6.92 Å². The van der Waals surface area contributed by atoms with Gasteiger partial charge in [-0.05, 0) is 24.6 Å². The third-order valence-electron chi connectivity index (χ3n) is 2.55. The smallest absolute Gasteiger partial charge is 0.251 e. The minimum atomic E-state index is -0.538. The number of nitrogens with two attached hydrogens (primary N) is 1. The highest BCUT2D eigenvalue weighted by Gasteiger charge is 2.13. The number of carbonyl (C=O) groups is 1. The monoisotopic (exact) mass is 293 g/mol. The van der Waals surface area contributed by atoms with E-state index in [2.05, 4.69) is 15.1 Å². The summed E-state index contributed by atoms with van der Waals surface area (Å²) in [5.41, 5.74) is 5.52. The molecule has 0 fully saturated rings. The van der Waals surface area contributed by atoms with Crippen molar-refractivity contribution in [3.05, 3.63) is 34.2 Å². The van der Waals surface area contributed by atoms with E-state index in [4.69, 9.17) is 17.3 Å². The normalized spacial score (nSPS) is 11.1. The number of aromatic nitrogens is 4. The van der Waals surface area contributed by atoms with E-state index < -0.39 is 5.91 Å². The molecule has 0 aliphatic rings. The molecule has 3 heterocycles. The molecule has 0 saturated carbocycles. The Balaban J connectivity index is 2.25. The van der Waals surface area contributed by atoms with Gasteiger partial charge >= 0.3 is 0 Å². The molecule has 8 heteroatoms. The van der Waals surface area contributed by atoms with E-state index in [-0.39, 0.29) is 5.28 Å². The first-order chi connectivity index (χ1) is 9.04. The highest BCUT2D eigenvalue weighted by molar-refractivity contribution is 7.18. The lowest BCUT2D eigenvalue weighted by molar-refractivity contribution is 0.100. The number of hydrogen-bond donors (Lipinski definition) is 1. The molecule has 96 valence electrons. The molecule has 0 bridgehead atoms. The van der Waals surface area contributed by atoms with Crippen LogP contribution in [0.4, 0.5) is 0 Å². The Morgan fingerprint density at radius 3 is 2.95 bits per heavy atom. The van der Waals surface area contributed by atoms with Crippen LogP contribution in [-0.2, 0) is 0 Å². The molecule has 0 saturated heterocycles. The van der Waals surface area contributed by atoms with Crippen LogP contribution >= 0.6 is 22.9 Å². The summed E-state index contributed by atoms with van der Waals surface area (Å²) in [5, 5.41) is 5.06. The summed E-state index contributed by atoms with van der Waals surface area (Å²) >= 11 is 7.42. The molecule has 19 heavy (non-hydrogen) atoms. The lowest BCUT2D eigenvalue weighted by atomic mass is 10.3. The minimum Gasteiger partial charge on any atom is -0.366 e. The zero-order valence-electron chi connectivity index (χ0n) is 9.79.